The van der Waals surface area contributed by atoms with Gasteiger partial charge < -0.3 is 9.30 Å². The van der Waals surface area contributed by atoms with Gasteiger partial charge in [0.25, 0.3) is 11.1 Å². The highest BCUT2D eigenvalue weighted by Crippen LogP contribution is 2.36. The monoisotopic (exact) mass is 438 g/mol. The molecule has 2 amide bonds. The van der Waals surface area contributed by atoms with Crippen LogP contribution in [-0.4, -0.2) is 33.8 Å². The van der Waals surface area contributed by atoms with Gasteiger partial charge in [0.05, 0.1) is 11.5 Å². The van der Waals surface area contributed by atoms with Crippen molar-refractivity contribution in [2.75, 3.05) is 13.2 Å². The maximum absolute atomic E-state index is 13.0. The van der Waals surface area contributed by atoms with Crippen molar-refractivity contribution < 1.29 is 14.3 Å². The summed E-state index contributed by atoms with van der Waals surface area (Å²) in [4.78, 5) is 27.5. The number of hydrogen-bond donors (Lipinski definition) is 0. The van der Waals surface area contributed by atoms with E-state index in [0.29, 0.717) is 24.0 Å². The normalized spacial score (nSPS) is 18.9. The molecule has 6 heteroatoms. The van der Waals surface area contributed by atoms with Gasteiger partial charge >= 0.3 is 0 Å². The van der Waals surface area contributed by atoms with Crippen LogP contribution in [0.2, 0.25) is 0 Å². The molecule has 1 aromatic heterocycles. The molecule has 2 aromatic rings. The van der Waals surface area contributed by atoms with Crippen LogP contribution in [0.4, 0.5) is 4.79 Å². The molecule has 2 aliphatic rings. The fraction of sp³-hybridized carbons (Fsp3) is 0.440. The summed E-state index contributed by atoms with van der Waals surface area (Å²) in [6.07, 6.45) is 7.78. The van der Waals surface area contributed by atoms with E-state index in [1.807, 2.05) is 44.2 Å². The first-order valence-corrected chi connectivity index (χ1v) is 12.0. The molecule has 1 aliphatic carbocycles. The number of aryl methyl sites for hydroxylation is 1. The number of rotatable bonds is 6. The van der Waals surface area contributed by atoms with Crippen molar-refractivity contribution >= 4 is 29.0 Å². The molecule has 5 nitrogen and oxygen atoms in total. The number of carbonyl (C=O) groups is 2. The lowest BCUT2D eigenvalue weighted by Crippen LogP contribution is -2.34. The highest BCUT2D eigenvalue weighted by atomic mass is 32.2. The summed E-state index contributed by atoms with van der Waals surface area (Å²) in [6.45, 7) is 7.27. The Morgan fingerprint density at radius 3 is 2.48 bits per heavy atom. The lowest BCUT2D eigenvalue weighted by Gasteiger charge is -2.25. The van der Waals surface area contributed by atoms with E-state index >= 15 is 0 Å². The lowest BCUT2D eigenvalue weighted by molar-refractivity contribution is -0.123. The van der Waals surface area contributed by atoms with Crippen LogP contribution in [-0.2, 0) is 4.79 Å². The van der Waals surface area contributed by atoms with E-state index in [9.17, 15) is 9.59 Å². The number of carbonyl (C=O) groups excluding carboxylic acids is 2. The average molecular weight is 439 g/mol. The predicted molar refractivity (Wildman–Crippen MR) is 126 cm³/mol. The van der Waals surface area contributed by atoms with Crippen LogP contribution in [0.1, 0.15) is 56.0 Å². The third-order valence-electron chi connectivity index (χ3n) is 6.20. The molecular weight excluding hydrogens is 408 g/mol. The van der Waals surface area contributed by atoms with E-state index in [1.165, 1.54) is 24.2 Å². The van der Waals surface area contributed by atoms with Crippen LogP contribution < -0.4 is 4.74 Å². The van der Waals surface area contributed by atoms with Crippen molar-refractivity contribution in [1.29, 1.82) is 0 Å². The second-order valence-electron chi connectivity index (χ2n) is 8.39. The van der Waals surface area contributed by atoms with Gasteiger partial charge in [0.15, 0.2) is 0 Å². The molecular formula is C25H30N2O3S. The molecule has 2 fully saturated rings. The molecule has 1 saturated carbocycles. The summed E-state index contributed by atoms with van der Waals surface area (Å²) in [6, 6.07) is 10.1. The maximum Gasteiger partial charge on any atom is 0.293 e. The van der Waals surface area contributed by atoms with Gasteiger partial charge in [0.2, 0.25) is 0 Å². The molecule has 0 unspecified atom stereocenters. The minimum absolute atomic E-state index is 0.137. The summed E-state index contributed by atoms with van der Waals surface area (Å²) in [5, 5.41) is -0.137. The summed E-state index contributed by atoms with van der Waals surface area (Å²) in [5.74, 6) is 1.15. The van der Waals surface area contributed by atoms with Crippen molar-refractivity contribution in [2.24, 2.45) is 5.92 Å². The topological polar surface area (TPSA) is 51.5 Å². The molecule has 0 atom stereocenters. The number of nitrogens with zero attached hydrogens (tertiary/aromatic N) is 2. The molecule has 1 saturated heterocycles. The molecule has 164 valence electrons. The fourth-order valence-corrected chi connectivity index (χ4v) is 5.45. The first-order chi connectivity index (χ1) is 15.0. The van der Waals surface area contributed by atoms with E-state index in [1.54, 1.807) is 0 Å². The molecule has 1 aliphatic heterocycles. The van der Waals surface area contributed by atoms with Gasteiger partial charge in [-0.3, -0.25) is 14.5 Å². The summed E-state index contributed by atoms with van der Waals surface area (Å²) < 4.78 is 7.70. The Hall–Kier alpha value is -2.47. The predicted octanol–water partition coefficient (Wildman–Crippen LogP) is 6.11. The van der Waals surface area contributed by atoms with Crippen molar-refractivity contribution in [3.05, 3.63) is 52.2 Å². The molecule has 0 radical (unpaired) electrons. The summed E-state index contributed by atoms with van der Waals surface area (Å²) in [5.41, 5.74) is 4.13. The zero-order valence-electron chi connectivity index (χ0n) is 18.5. The van der Waals surface area contributed by atoms with E-state index in [2.05, 4.69) is 17.6 Å². The van der Waals surface area contributed by atoms with Crippen LogP contribution in [0.5, 0.6) is 5.75 Å². The number of aromatic nitrogens is 1. The Balaban J connectivity index is 1.55. The number of hydrogen-bond acceptors (Lipinski definition) is 4. The number of ether oxygens (including phenoxy) is 1. The van der Waals surface area contributed by atoms with Crippen molar-refractivity contribution in [3.8, 4) is 11.4 Å². The fourth-order valence-electron chi connectivity index (χ4n) is 4.62. The van der Waals surface area contributed by atoms with Crippen LogP contribution >= 0.6 is 11.8 Å². The maximum atomic E-state index is 13.0. The van der Waals surface area contributed by atoms with Crippen molar-refractivity contribution in [3.63, 3.8) is 0 Å². The Morgan fingerprint density at radius 2 is 1.81 bits per heavy atom. The van der Waals surface area contributed by atoms with E-state index in [4.69, 9.17) is 4.74 Å². The largest absolute Gasteiger partial charge is 0.494 e. The Bertz CT molecular complexity index is 1000. The molecule has 0 bridgehead atoms. The van der Waals surface area contributed by atoms with Crippen molar-refractivity contribution in [2.45, 2.75) is 52.9 Å². The minimum atomic E-state index is -0.147. The lowest BCUT2D eigenvalue weighted by atomic mass is 9.89. The molecule has 31 heavy (non-hydrogen) atoms. The standard InChI is InChI=1S/C25H30N2O3S/c1-4-30-22-12-10-21(11-13-22)27-17(2)14-20(18(27)3)15-23-24(28)26(25(29)31-23)16-19-8-6-5-7-9-19/h10-15,19H,4-9,16H2,1-3H3/b23-15+. The number of thioether (sulfide) groups is 1. The summed E-state index contributed by atoms with van der Waals surface area (Å²) >= 11 is 1.07. The van der Waals surface area contributed by atoms with E-state index < -0.39 is 0 Å². The molecule has 1 aromatic carbocycles. The molecule has 4 rings (SSSR count). The van der Waals surface area contributed by atoms with Crippen LogP contribution in [0.15, 0.2) is 35.2 Å². The van der Waals surface area contributed by atoms with Crippen molar-refractivity contribution in [1.82, 2.24) is 9.47 Å². The molecule has 2 heterocycles. The van der Waals surface area contributed by atoms with Gasteiger partial charge in [-0.15, -0.1) is 0 Å². The zero-order chi connectivity index (χ0) is 22.0. The van der Waals surface area contributed by atoms with E-state index in [-0.39, 0.29) is 11.1 Å². The molecule has 0 N–H and O–H groups in total. The number of imide groups is 1. The van der Waals surface area contributed by atoms with Crippen LogP contribution in [0.3, 0.4) is 0 Å². The van der Waals surface area contributed by atoms with Gasteiger partial charge in [0.1, 0.15) is 5.75 Å². The first-order valence-electron chi connectivity index (χ1n) is 11.2. The summed E-state index contributed by atoms with van der Waals surface area (Å²) in [7, 11) is 0. The Kier molecular flexibility index (Phi) is 6.56. The van der Waals surface area contributed by atoms with Crippen LogP contribution in [0, 0.1) is 19.8 Å². The average Bonchev–Trinajstić information content (AvgIpc) is 3.19. The smallest absolute Gasteiger partial charge is 0.293 e. The third-order valence-corrected chi connectivity index (χ3v) is 7.11. The van der Waals surface area contributed by atoms with Gasteiger partial charge in [-0.2, -0.15) is 0 Å². The van der Waals surface area contributed by atoms with Gasteiger partial charge in [0, 0.05) is 23.6 Å². The quantitative estimate of drug-likeness (QED) is 0.511. The van der Waals surface area contributed by atoms with Gasteiger partial charge in [-0.25, -0.2) is 0 Å². The highest BCUT2D eigenvalue weighted by molar-refractivity contribution is 8.18. The first kappa shape index (κ1) is 21.8. The number of amides is 2. The van der Waals surface area contributed by atoms with Crippen LogP contribution in [0.25, 0.3) is 11.8 Å². The molecule has 0 spiro atoms. The second-order valence-corrected chi connectivity index (χ2v) is 9.38. The Morgan fingerprint density at radius 1 is 1.10 bits per heavy atom. The number of benzene rings is 1. The highest BCUT2D eigenvalue weighted by Gasteiger charge is 2.36. The Labute approximate surface area is 188 Å². The van der Waals surface area contributed by atoms with E-state index in [0.717, 1.165) is 53.0 Å². The van der Waals surface area contributed by atoms with Gasteiger partial charge in [-0.05, 0) is 93.3 Å². The zero-order valence-corrected chi connectivity index (χ0v) is 19.3. The third kappa shape index (κ3) is 4.59. The second kappa shape index (κ2) is 9.35. The minimum Gasteiger partial charge on any atom is -0.494 e. The van der Waals surface area contributed by atoms with Gasteiger partial charge in [-0.1, -0.05) is 19.3 Å². The SMILES string of the molecule is CCOc1ccc(-n2c(C)cc(/C=C3/SC(=O)N(CC4CCCCC4)C3=O)c2C)cc1.